The Kier molecular flexibility index (Phi) is 3.01. The van der Waals surface area contributed by atoms with Crippen molar-refractivity contribution < 1.29 is 4.92 Å². The van der Waals surface area contributed by atoms with Gasteiger partial charge in [-0.1, -0.05) is 17.7 Å². The summed E-state index contributed by atoms with van der Waals surface area (Å²) in [6.07, 6.45) is 1.58. The van der Waals surface area contributed by atoms with Gasteiger partial charge in [-0.25, -0.2) is 0 Å². The summed E-state index contributed by atoms with van der Waals surface area (Å²) >= 11 is 6.09. The first kappa shape index (κ1) is 13.0. The van der Waals surface area contributed by atoms with Crippen LogP contribution < -0.4 is 0 Å². The third kappa shape index (κ3) is 2.07. The van der Waals surface area contributed by atoms with Gasteiger partial charge in [-0.2, -0.15) is 5.26 Å². The van der Waals surface area contributed by atoms with E-state index in [-0.39, 0.29) is 22.1 Å². The molecule has 0 saturated carbocycles. The third-order valence-corrected chi connectivity index (χ3v) is 3.27. The SMILES string of the molecule is N#Cc1ccn2c(-c3c(Cl)cccc3[N+](=O)[O-])nnc2c1. The van der Waals surface area contributed by atoms with Crippen molar-refractivity contribution in [2.45, 2.75) is 0 Å². The lowest BCUT2D eigenvalue weighted by molar-refractivity contribution is -0.384. The highest BCUT2D eigenvalue weighted by Crippen LogP contribution is 2.35. The van der Waals surface area contributed by atoms with Crippen molar-refractivity contribution in [2.24, 2.45) is 0 Å². The number of hydrogen-bond donors (Lipinski definition) is 0. The van der Waals surface area contributed by atoms with Crippen LogP contribution in [0.15, 0.2) is 36.5 Å². The molecule has 102 valence electrons. The summed E-state index contributed by atoms with van der Waals surface area (Å²) in [6, 6.07) is 9.51. The average Bonchev–Trinajstić information content (AvgIpc) is 2.89. The molecule has 21 heavy (non-hydrogen) atoms. The van der Waals surface area contributed by atoms with Crippen LogP contribution in [0.25, 0.3) is 17.0 Å². The molecule has 0 N–H and O–H groups in total. The van der Waals surface area contributed by atoms with Crippen LogP contribution in [0.1, 0.15) is 5.56 Å². The van der Waals surface area contributed by atoms with Crippen molar-refractivity contribution in [3.8, 4) is 17.5 Å². The van der Waals surface area contributed by atoms with Crippen LogP contribution in [-0.2, 0) is 0 Å². The molecule has 0 bridgehead atoms. The van der Waals surface area contributed by atoms with Crippen LogP contribution in [0.3, 0.4) is 0 Å². The number of hydrogen-bond acceptors (Lipinski definition) is 5. The molecule has 0 unspecified atom stereocenters. The standard InChI is InChI=1S/C13H6ClN5O2/c14-9-2-1-3-10(19(20)21)12(9)13-17-16-11-6-8(7-15)4-5-18(11)13/h1-6H. The molecular weight excluding hydrogens is 294 g/mol. The molecule has 0 saturated heterocycles. The Labute approximate surface area is 123 Å². The van der Waals surface area contributed by atoms with Gasteiger partial charge in [0.1, 0.15) is 5.56 Å². The van der Waals surface area contributed by atoms with Crippen molar-refractivity contribution in [3.63, 3.8) is 0 Å². The van der Waals surface area contributed by atoms with Crippen LogP contribution in [0.2, 0.25) is 5.02 Å². The number of rotatable bonds is 2. The highest BCUT2D eigenvalue weighted by molar-refractivity contribution is 6.33. The average molecular weight is 300 g/mol. The van der Waals surface area contributed by atoms with Crippen molar-refractivity contribution >= 4 is 22.9 Å². The normalized spacial score (nSPS) is 10.5. The van der Waals surface area contributed by atoms with E-state index in [1.165, 1.54) is 12.1 Å². The van der Waals surface area contributed by atoms with Gasteiger partial charge in [-0.15, -0.1) is 10.2 Å². The van der Waals surface area contributed by atoms with Crippen molar-refractivity contribution in [1.29, 1.82) is 5.26 Å². The fourth-order valence-electron chi connectivity index (χ4n) is 2.02. The summed E-state index contributed by atoms with van der Waals surface area (Å²) in [7, 11) is 0. The van der Waals surface area contributed by atoms with E-state index in [1.54, 1.807) is 28.8 Å². The predicted octanol–water partition coefficient (Wildman–Crippen LogP) is 2.83. The van der Waals surface area contributed by atoms with E-state index in [1.807, 2.05) is 6.07 Å². The third-order valence-electron chi connectivity index (χ3n) is 2.95. The number of fused-ring (bicyclic) bond motifs is 1. The van der Waals surface area contributed by atoms with E-state index in [4.69, 9.17) is 16.9 Å². The smallest absolute Gasteiger partial charge is 0.281 e. The van der Waals surface area contributed by atoms with Gasteiger partial charge in [0.15, 0.2) is 11.5 Å². The number of aromatic nitrogens is 3. The second-order valence-electron chi connectivity index (χ2n) is 4.17. The van der Waals surface area contributed by atoms with Gasteiger partial charge in [-0.05, 0) is 12.1 Å². The summed E-state index contributed by atoms with van der Waals surface area (Å²) in [5.74, 6) is 0.256. The van der Waals surface area contributed by atoms with E-state index in [2.05, 4.69) is 10.2 Å². The molecule has 2 aromatic heterocycles. The van der Waals surface area contributed by atoms with Gasteiger partial charge in [0.2, 0.25) is 0 Å². The number of halogens is 1. The Balaban J connectivity index is 2.32. The molecule has 0 radical (unpaired) electrons. The molecular formula is C13H6ClN5O2. The Bertz CT molecular complexity index is 913. The Hall–Kier alpha value is -2.98. The minimum atomic E-state index is -0.522. The number of nitro groups is 1. The van der Waals surface area contributed by atoms with Gasteiger partial charge in [0.05, 0.1) is 21.6 Å². The van der Waals surface area contributed by atoms with Crippen molar-refractivity contribution in [1.82, 2.24) is 14.6 Å². The fraction of sp³-hybridized carbons (Fsp3) is 0. The van der Waals surface area contributed by atoms with Crippen molar-refractivity contribution in [2.75, 3.05) is 0 Å². The van der Waals surface area contributed by atoms with Gasteiger partial charge in [0.25, 0.3) is 5.69 Å². The molecule has 3 aromatic rings. The van der Waals surface area contributed by atoms with Crippen LogP contribution in [0.4, 0.5) is 5.69 Å². The molecule has 8 heteroatoms. The monoisotopic (exact) mass is 299 g/mol. The molecule has 0 aliphatic rings. The van der Waals surface area contributed by atoms with Gasteiger partial charge in [0, 0.05) is 18.3 Å². The Morgan fingerprint density at radius 3 is 2.86 bits per heavy atom. The first-order valence-corrected chi connectivity index (χ1v) is 6.18. The topological polar surface area (TPSA) is 97.1 Å². The van der Waals surface area contributed by atoms with Gasteiger partial charge >= 0.3 is 0 Å². The summed E-state index contributed by atoms with van der Waals surface area (Å²) in [6.45, 7) is 0. The first-order valence-electron chi connectivity index (χ1n) is 5.80. The molecule has 0 aliphatic heterocycles. The fourth-order valence-corrected chi connectivity index (χ4v) is 2.27. The summed E-state index contributed by atoms with van der Waals surface area (Å²) < 4.78 is 1.55. The summed E-state index contributed by atoms with van der Waals surface area (Å²) in [5.41, 5.74) is 0.885. The molecule has 0 fully saturated rings. The van der Waals surface area contributed by atoms with E-state index in [0.29, 0.717) is 11.2 Å². The van der Waals surface area contributed by atoms with E-state index < -0.39 is 4.92 Å². The number of nitriles is 1. The molecule has 0 spiro atoms. The second kappa shape index (κ2) is 4.85. The maximum atomic E-state index is 11.2. The molecule has 0 atom stereocenters. The minimum Gasteiger partial charge on any atom is -0.282 e. The maximum absolute atomic E-state index is 11.2. The predicted molar refractivity (Wildman–Crippen MR) is 74.8 cm³/mol. The quantitative estimate of drug-likeness (QED) is 0.535. The lowest BCUT2D eigenvalue weighted by atomic mass is 10.1. The van der Waals surface area contributed by atoms with Crippen LogP contribution in [0, 0.1) is 21.4 Å². The summed E-state index contributed by atoms with van der Waals surface area (Å²) in [5, 5.41) is 28.1. The second-order valence-corrected chi connectivity index (χ2v) is 4.58. The molecule has 0 amide bonds. The number of nitrogens with zero attached hydrogens (tertiary/aromatic N) is 5. The van der Waals surface area contributed by atoms with Crippen LogP contribution in [-0.4, -0.2) is 19.5 Å². The molecule has 2 heterocycles. The highest BCUT2D eigenvalue weighted by atomic mass is 35.5. The number of pyridine rings is 1. The molecule has 1 aromatic carbocycles. The molecule has 7 nitrogen and oxygen atoms in total. The Morgan fingerprint density at radius 1 is 1.33 bits per heavy atom. The minimum absolute atomic E-state index is 0.152. The maximum Gasteiger partial charge on any atom is 0.281 e. The lowest BCUT2D eigenvalue weighted by Crippen LogP contribution is -1.96. The van der Waals surface area contributed by atoms with Crippen molar-refractivity contribution in [3.05, 3.63) is 57.2 Å². The van der Waals surface area contributed by atoms with E-state index in [0.717, 1.165) is 0 Å². The zero-order chi connectivity index (χ0) is 15.0. The van der Waals surface area contributed by atoms with Crippen LogP contribution in [0.5, 0.6) is 0 Å². The number of nitro benzene ring substituents is 1. The zero-order valence-corrected chi connectivity index (χ0v) is 11.2. The highest BCUT2D eigenvalue weighted by Gasteiger charge is 2.22. The first-order chi connectivity index (χ1) is 10.1. The zero-order valence-electron chi connectivity index (χ0n) is 10.4. The molecule has 3 rings (SSSR count). The van der Waals surface area contributed by atoms with Crippen LogP contribution >= 0.6 is 11.6 Å². The van der Waals surface area contributed by atoms with Gasteiger partial charge < -0.3 is 0 Å². The largest absolute Gasteiger partial charge is 0.282 e. The number of benzene rings is 1. The van der Waals surface area contributed by atoms with E-state index >= 15 is 0 Å². The van der Waals surface area contributed by atoms with E-state index in [9.17, 15) is 10.1 Å². The van der Waals surface area contributed by atoms with Gasteiger partial charge in [-0.3, -0.25) is 14.5 Å². The lowest BCUT2D eigenvalue weighted by Gasteiger charge is -2.04. The molecule has 0 aliphatic carbocycles. The summed E-state index contributed by atoms with van der Waals surface area (Å²) in [4.78, 5) is 10.6. The Morgan fingerprint density at radius 2 is 2.14 bits per heavy atom.